The molecule has 0 aromatic heterocycles. The average Bonchev–Trinajstić information content (AvgIpc) is 2.18. The third-order valence-electron chi connectivity index (χ3n) is 2.51. The second kappa shape index (κ2) is 5.12. The molecule has 0 N–H and O–H groups in total. The molecular weight excluding hydrogens is 214 g/mol. The van der Waals surface area contributed by atoms with Crippen molar-refractivity contribution in [2.45, 2.75) is 25.6 Å². The number of halogens is 1. The van der Waals surface area contributed by atoms with Crippen LogP contribution in [0.5, 0.6) is 0 Å². The summed E-state index contributed by atoms with van der Waals surface area (Å²) >= 11 is 5.94. The molecule has 1 aromatic rings. The molecular formula is C11H14ClNO2. The van der Waals surface area contributed by atoms with Gasteiger partial charge in [-0.1, -0.05) is 25.1 Å². The van der Waals surface area contributed by atoms with Gasteiger partial charge in [0.15, 0.2) is 0 Å². The van der Waals surface area contributed by atoms with E-state index < -0.39 is 0 Å². The first-order valence-corrected chi connectivity index (χ1v) is 5.32. The Morgan fingerprint density at radius 2 is 2.00 bits per heavy atom. The number of benzene rings is 1. The maximum absolute atomic E-state index is 10.7. The molecule has 0 saturated carbocycles. The summed E-state index contributed by atoms with van der Waals surface area (Å²) in [6.45, 7) is 3.90. The van der Waals surface area contributed by atoms with Crippen molar-refractivity contribution < 1.29 is 4.92 Å². The van der Waals surface area contributed by atoms with E-state index in [-0.39, 0.29) is 21.9 Å². The highest BCUT2D eigenvalue weighted by Crippen LogP contribution is 2.23. The Morgan fingerprint density at radius 3 is 2.53 bits per heavy atom. The van der Waals surface area contributed by atoms with Gasteiger partial charge in [-0.2, -0.15) is 0 Å². The van der Waals surface area contributed by atoms with Crippen LogP contribution in [0.3, 0.4) is 0 Å². The molecule has 1 rings (SSSR count). The van der Waals surface area contributed by atoms with Crippen molar-refractivity contribution in [2.75, 3.05) is 0 Å². The minimum Gasteiger partial charge on any atom is -0.258 e. The summed E-state index contributed by atoms with van der Waals surface area (Å²) in [6.07, 6.45) is 0.641. The van der Waals surface area contributed by atoms with Gasteiger partial charge in [0.05, 0.1) is 4.92 Å². The van der Waals surface area contributed by atoms with Crippen molar-refractivity contribution in [3.05, 3.63) is 39.9 Å². The summed E-state index contributed by atoms with van der Waals surface area (Å²) in [4.78, 5) is 10.4. The Kier molecular flexibility index (Phi) is 4.09. The minimum absolute atomic E-state index is 0.0183. The van der Waals surface area contributed by atoms with E-state index in [1.807, 2.05) is 19.9 Å². The van der Waals surface area contributed by atoms with Crippen LogP contribution in [0.15, 0.2) is 24.3 Å². The van der Waals surface area contributed by atoms with Gasteiger partial charge in [-0.25, -0.2) is 0 Å². The Labute approximate surface area is 94.2 Å². The zero-order valence-corrected chi connectivity index (χ0v) is 9.57. The van der Waals surface area contributed by atoms with Gasteiger partial charge in [-0.15, -0.1) is 11.6 Å². The second-order valence-electron chi connectivity index (χ2n) is 3.74. The predicted octanol–water partition coefficient (Wildman–Crippen LogP) is 3.40. The molecule has 82 valence electrons. The lowest BCUT2D eigenvalue weighted by molar-refractivity contribution is -0.385. The third kappa shape index (κ3) is 3.20. The van der Waals surface area contributed by atoms with Crippen molar-refractivity contribution in [1.29, 1.82) is 0 Å². The highest BCUT2D eigenvalue weighted by molar-refractivity contribution is 6.20. The van der Waals surface area contributed by atoms with Crippen LogP contribution < -0.4 is 0 Å². The molecule has 0 saturated heterocycles. The van der Waals surface area contributed by atoms with Crippen LogP contribution in [0, 0.1) is 16.0 Å². The van der Waals surface area contributed by atoms with E-state index in [2.05, 4.69) is 0 Å². The van der Waals surface area contributed by atoms with Crippen LogP contribution in [0.1, 0.15) is 19.4 Å². The molecule has 0 fully saturated rings. The summed E-state index contributed by atoms with van der Waals surface area (Å²) in [7, 11) is 0. The zero-order chi connectivity index (χ0) is 11.4. The molecule has 0 heterocycles. The van der Waals surface area contributed by atoms with Gasteiger partial charge in [0.2, 0.25) is 0 Å². The molecule has 0 spiro atoms. The molecule has 15 heavy (non-hydrogen) atoms. The topological polar surface area (TPSA) is 43.1 Å². The van der Waals surface area contributed by atoms with Crippen LogP contribution in [0.4, 0.5) is 5.69 Å². The maximum atomic E-state index is 10.7. The highest BCUT2D eigenvalue weighted by Gasteiger charge is 2.17. The van der Waals surface area contributed by atoms with Crippen molar-refractivity contribution in [1.82, 2.24) is 0 Å². The molecule has 0 radical (unpaired) electrons. The number of nitro benzene ring substituents is 1. The van der Waals surface area contributed by atoms with Crippen LogP contribution in [-0.4, -0.2) is 10.3 Å². The second-order valence-corrected chi connectivity index (χ2v) is 4.43. The summed E-state index contributed by atoms with van der Waals surface area (Å²) in [6, 6.07) is 6.80. The number of alkyl halides is 1. The number of nitro groups is 1. The number of hydrogen-bond acceptors (Lipinski definition) is 2. The largest absolute Gasteiger partial charge is 0.272 e. The van der Waals surface area contributed by atoms with E-state index in [9.17, 15) is 10.1 Å². The maximum Gasteiger partial charge on any atom is 0.272 e. The number of hydrogen-bond donors (Lipinski definition) is 0. The third-order valence-corrected chi connectivity index (χ3v) is 2.94. The Balaban J connectivity index is 2.89. The number of nitrogens with zero attached hydrogens (tertiary/aromatic N) is 1. The van der Waals surface area contributed by atoms with Gasteiger partial charge in [0.1, 0.15) is 0 Å². The summed E-state index contributed by atoms with van der Waals surface area (Å²) in [5, 5.41) is 10.8. The molecule has 3 nitrogen and oxygen atoms in total. The number of rotatable bonds is 4. The fraction of sp³-hybridized carbons (Fsp3) is 0.455. The smallest absolute Gasteiger partial charge is 0.258 e. The van der Waals surface area contributed by atoms with Crippen molar-refractivity contribution >= 4 is 17.3 Å². The quantitative estimate of drug-likeness (QED) is 0.450. The molecule has 0 aliphatic heterocycles. The van der Waals surface area contributed by atoms with E-state index in [1.165, 1.54) is 6.07 Å². The van der Waals surface area contributed by atoms with Crippen molar-refractivity contribution in [3.8, 4) is 0 Å². The van der Waals surface area contributed by atoms with E-state index in [1.54, 1.807) is 12.1 Å². The Bertz CT molecular complexity index is 352. The zero-order valence-electron chi connectivity index (χ0n) is 8.81. The highest BCUT2D eigenvalue weighted by atomic mass is 35.5. The lowest BCUT2D eigenvalue weighted by Gasteiger charge is -2.13. The van der Waals surface area contributed by atoms with Gasteiger partial charge >= 0.3 is 0 Å². The lowest BCUT2D eigenvalue weighted by Crippen LogP contribution is -2.11. The number of para-hydroxylation sites is 1. The normalized spacial score (nSPS) is 14.6. The molecule has 0 aliphatic rings. The van der Waals surface area contributed by atoms with Crippen LogP contribution >= 0.6 is 11.6 Å². The summed E-state index contributed by atoms with van der Waals surface area (Å²) < 4.78 is 0. The first kappa shape index (κ1) is 12.0. The molecule has 2 unspecified atom stereocenters. The summed E-state index contributed by atoms with van der Waals surface area (Å²) in [5.41, 5.74) is 0.934. The van der Waals surface area contributed by atoms with Gasteiger partial charge in [-0.3, -0.25) is 10.1 Å². The first-order valence-electron chi connectivity index (χ1n) is 4.88. The van der Waals surface area contributed by atoms with Gasteiger partial charge in [-0.05, 0) is 19.3 Å². The van der Waals surface area contributed by atoms with Crippen molar-refractivity contribution in [3.63, 3.8) is 0 Å². The van der Waals surface area contributed by atoms with Crippen LogP contribution in [0.2, 0.25) is 0 Å². The van der Waals surface area contributed by atoms with E-state index in [0.717, 1.165) is 5.56 Å². The van der Waals surface area contributed by atoms with Crippen LogP contribution in [-0.2, 0) is 6.42 Å². The molecule has 0 bridgehead atoms. The molecule has 4 heteroatoms. The molecule has 2 atom stereocenters. The SMILES string of the molecule is CC(Cl)C(C)Cc1ccccc1[N+](=O)[O-]. The minimum atomic E-state index is -0.346. The fourth-order valence-corrected chi connectivity index (χ4v) is 1.46. The molecule has 0 aliphatic carbocycles. The standard InChI is InChI=1S/C11H14ClNO2/c1-8(9(2)12)7-10-5-3-4-6-11(10)13(14)15/h3-6,8-9H,7H2,1-2H3. The van der Waals surface area contributed by atoms with Crippen LogP contribution in [0.25, 0.3) is 0 Å². The van der Waals surface area contributed by atoms with E-state index in [4.69, 9.17) is 11.6 Å². The van der Waals surface area contributed by atoms with E-state index >= 15 is 0 Å². The average molecular weight is 228 g/mol. The lowest BCUT2D eigenvalue weighted by atomic mass is 9.97. The Morgan fingerprint density at radius 1 is 1.40 bits per heavy atom. The predicted molar refractivity (Wildman–Crippen MR) is 61.3 cm³/mol. The van der Waals surface area contributed by atoms with E-state index in [0.29, 0.717) is 6.42 Å². The van der Waals surface area contributed by atoms with Gasteiger partial charge in [0, 0.05) is 17.0 Å². The van der Waals surface area contributed by atoms with Crippen molar-refractivity contribution in [2.24, 2.45) is 5.92 Å². The Hall–Kier alpha value is -1.09. The monoisotopic (exact) mass is 227 g/mol. The van der Waals surface area contributed by atoms with Gasteiger partial charge < -0.3 is 0 Å². The van der Waals surface area contributed by atoms with Gasteiger partial charge in [0.25, 0.3) is 5.69 Å². The molecule has 1 aromatic carbocycles. The summed E-state index contributed by atoms with van der Waals surface area (Å²) in [5.74, 6) is 0.229. The first-order chi connectivity index (χ1) is 7.02. The fourth-order valence-electron chi connectivity index (χ4n) is 1.37. The molecule has 0 amide bonds.